The molecule has 3 saturated heterocycles. The van der Waals surface area contributed by atoms with E-state index in [1.54, 1.807) is 12.1 Å². The van der Waals surface area contributed by atoms with Crippen LogP contribution in [0.1, 0.15) is 56.9 Å². The first kappa shape index (κ1) is 24.2. The topological polar surface area (TPSA) is 87.5 Å². The minimum absolute atomic E-state index is 0.0741. The maximum atomic E-state index is 13.9. The van der Waals surface area contributed by atoms with Gasteiger partial charge in [-0.3, -0.25) is 4.79 Å². The van der Waals surface area contributed by atoms with Gasteiger partial charge in [0.25, 0.3) is 0 Å². The third kappa shape index (κ3) is 5.21. The SMILES string of the molecule is O=C(O[C@H]1C[N+]2(CC([O-])=Nc3ccc(Cl)nn3)CCC1CC2)C1(c2ccccc2)CCCCCC1. The van der Waals surface area contributed by atoms with Crippen molar-refractivity contribution in [3.63, 3.8) is 0 Å². The molecular weight excluding hydrogens is 464 g/mol. The number of carbonyl (C=O) groups is 1. The molecule has 0 radical (unpaired) electrons. The molecule has 3 aliphatic heterocycles. The zero-order valence-corrected chi connectivity index (χ0v) is 20.8. The highest BCUT2D eigenvalue weighted by Gasteiger charge is 2.50. The van der Waals surface area contributed by atoms with Crippen LogP contribution in [0.4, 0.5) is 5.82 Å². The lowest BCUT2D eigenvalue weighted by Gasteiger charge is -2.53. The summed E-state index contributed by atoms with van der Waals surface area (Å²) in [6.45, 7) is 2.79. The van der Waals surface area contributed by atoms with Crippen LogP contribution in [0.3, 0.4) is 0 Å². The van der Waals surface area contributed by atoms with Crippen molar-refractivity contribution in [2.45, 2.75) is 62.9 Å². The molecule has 2 aromatic rings. The van der Waals surface area contributed by atoms with E-state index in [0.717, 1.165) is 70.0 Å². The van der Waals surface area contributed by atoms with Gasteiger partial charge in [0.2, 0.25) is 0 Å². The fourth-order valence-corrected chi connectivity index (χ4v) is 6.45. The first-order chi connectivity index (χ1) is 17.0. The number of aliphatic imine (C=N–C) groups is 1. The average molecular weight is 497 g/mol. The summed E-state index contributed by atoms with van der Waals surface area (Å²) in [5.41, 5.74) is 0.516. The third-order valence-electron chi connectivity index (χ3n) is 8.30. The monoisotopic (exact) mass is 496 g/mol. The molecule has 4 fully saturated rings. The molecule has 1 saturated carbocycles. The lowest BCUT2D eigenvalue weighted by Crippen LogP contribution is -2.67. The maximum Gasteiger partial charge on any atom is 0.317 e. The van der Waals surface area contributed by atoms with Crippen LogP contribution < -0.4 is 5.11 Å². The van der Waals surface area contributed by atoms with Gasteiger partial charge in [-0.05, 0) is 30.5 Å². The number of esters is 1. The molecule has 0 unspecified atom stereocenters. The summed E-state index contributed by atoms with van der Waals surface area (Å²) < 4.78 is 7.00. The fraction of sp³-hybridized carbons (Fsp3) is 0.556. The minimum Gasteiger partial charge on any atom is -0.858 e. The van der Waals surface area contributed by atoms with E-state index >= 15 is 0 Å². The van der Waals surface area contributed by atoms with Crippen molar-refractivity contribution in [1.82, 2.24) is 10.2 Å². The van der Waals surface area contributed by atoms with Gasteiger partial charge in [-0.15, -0.1) is 10.2 Å². The zero-order chi connectivity index (χ0) is 24.3. The Labute approximate surface area is 211 Å². The van der Waals surface area contributed by atoms with Crippen LogP contribution >= 0.6 is 11.6 Å². The highest BCUT2D eigenvalue weighted by atomic mass is 35.5. The summed E-state index contributed by atoms with van der Waals surface area (Å²) in [6.07, 6.45) is 7.86. The van der Waals surface area contributed by atoms with Crippen LogP contribution in [0.2, 0.25) is 5.15 Å². The number of fused-ring (bicyclic) bond motifs is 3. The van der Waals surface area contributed by atoms with E-state index in [4.69, 9.17) is 16.3 Å². The second-order valence-corrected chi connectivity index (χ2v) is 10.9. The van der Waals surface area contributed by atoms with E-state index in [1.807, 2.05) is 18.2 Å². The summed E-state index contributed by atoms with van der Waals surface area (Å²) in [4.78, 5) is 18.0. The number of hydrogen-bond acceptors (Lipinski definition) is 6. The first-order valence-electron chi connectivity index (χ1n) is 12.8. The molecule has 1 aromatic carbocycles. The quantitative estimate of drug-likeness (QED) is 0.198. The van der Waals surface area contributed by atoms with E-state index in [0.29, 0.717) is 16.9 Å². The Hall–Kier alpha value is -2.51. The Balaban J connectivity index is 1.32. The number of aromatic nitrogens is 2. The predicted molar refractivity (Wildman–Crippen MR) is 132 cm³/mol. The predicted octanol–water partition coefficient (Wildman–Crippen LogP) is 3.96. The van der Waals surface area contributed by atoms with Crippen molar-refractivity contribution in [3.05, 3.63) is 53.2 Å². The van der Waals surface area contributed by atoms with Crippen molar-refractivity contribution in [2.75, 3.05) is 26.2 Å². The molecule has 1 aromatic heterocycles. The van der Waals surface area contributed by atoms with Gasteiger partial charge in [0.15, 0.2) is 17.1 Å². The number of halogens is 1. The van der Waals surface area contributed by atoms with E-state index < -0.39 is 5.41 Å². The number of carbonyl (C=O) groups excluding carboxylic acids is 1. The van der Waals surface area contributed by atoms with Gasteiger partial charge in [-0.25, -0.2) is 4.99 Å². The minimum atomic E-state index is -0.562. The van der Waals surface area contributed by atoms with Crippen LogP contribution in [-0.2, 0) is 14.9 Å². The molecular formula is C27H33ClN4O3. The molecule has 1 aliphatic carbocycles. The molecule has 8 heteroatoms. The van der Waals surface area contributed by atoms with Gasteiger partial charge >= 0.3 is 5.97 Å². The first-order valence-corrected chi connectivity index (χ1v) is 13.2. The van der Waals surface area contributed by atoms with Crippen molar-refractivity contribution in [2.24, 2.45) is 10.9 Å². The summed E-state index contributed by atoms with van der Waals surface area (Å²) in [7, 11) is 0. The van der Waals surface area contributed by atoms with Gasteiger partial charge in [-0.1, -0.05) is 67.6 Å². The van der Waals surface area contributed by atoms with E-state index in [9.17, 15) is 9.90 Å². The Morgan fingerprint density at radius 2 is 1.77 bits per heavy atom. The second-order valence-electron chi connectivity index (χ2n) is 10.5. The van der Waals surface area contributed by atoms with Crippen molar-refractivity contribution >= 4 is 29.3 Å². The Bertz CT molecular complexity index is 1040. The molecule has 0 amide bonds. The summed E-state index contributed by atoms with van der Waals surface area (Å²) in [5.74, 6) is 0.337. The van der Waals surface area contributed by atoms with Gasteiger partial charge in [0, 0.05) is 24.7 Å². The van der Waals surface area contributed by atoms with Gasteiger partial charge < -0.3 is 14.3 Å². The van der Waals surface area contributed by atoms with Crippen molar-refractivity contribution in [1.29, 1.82) is 0 Å². The van der Waals surface area contributed by atoms with Crippen molar-refractivity contribution in [3.8, 4) is 0 Å². The van der Waals surface area contributed by atoms with Crippen molar-refractivity contribution < 1.29 is 19.1 Å². The third-order valence-corrected chi connectivity index (χ3v) is 8.50. The Morgan fingerprint density at radius 1 is 1.06 bits per heavy atom. The van der Waals surface area contributed by atoms with E-state index in [2.05, 4.69) is 27.3 Å². The fourth-order valence-electron chi connectivity index (χ4n) is 6.35. The summed E-state index contributed by atoms with van der Waals surface area (Å²) in [5, 5.41) is 20.7. The molecule has 7 nitrogen and oxygen atoms in total. The number of quaternary nitrogens is 1. The zero-order valence-electron chi connectivity index (χ0n) is 20.1. The molecule has 4 heterocycles. The number of hydrogen-bond donors (Lipinski definition) is 0. The Morgan fingerprint density at radius 3 is 2.43 bits per heavy atom. The largest absolute Gasteiger partial charge is 0.858 e. The molecule has 4 aliphatic rings. The van der Waals surface area contributed by atoms with E-state index in [1.165, 1.54) is 0 Å². The van der Waals surface area contributed by atoms with Gasteiger partial charge in [0.05, 0.1) is 18.5 Å². The molecule has 186 valence electrons. The normalized spacial score (nSPS) is 28.3. The maximum absolute atomic E-state index is 13.9. The summed E-state index contributed by atoms with van der Waals surface area (Å²) >= 11 is 5.78. The number of ether oxygens (including phenoxy) is 1. The summed E-state index contributed by atoms with van der Waals surface area (Å²) in [6, 6.07) is 13.4. The second kappa shape index (κ2) is 10.2. The van der Waals surface area contributed by atoms with Gasteiger partial charge in [-0.2, -0.15) is 0 Å². The Kier molecular flexibility index (Phi) is 7.07. The highest BCUT2D eigenvalue weighted by Crippen LogP contribution is 2.42. The lowest BCUT2D eigenvalue weighted by molar-refractivity contribution is -0.939. The molecule has 0 spiro atoms. The van der Waals surface area contributed by atoms with Gasteiger partial charge in [0.1, 0.15) is 13.1 Å². The number of nitrogens with zero attached hydrogens (tertiary/aromatic N) is 4. The average Bonchev–Trinajstić information content (AvgIpc) is 3.14. The lowest BCUT2D eigenvalue weighted by atomic mass is 9.74. The van der Waals surface area contributed by atoms with Crippen LogP contribution in [0.15, 0.2) is 47.5 Å². The van der Waals surface area contributed by atoms with Crippen LogP contribution in [0.25, 0.3) is 0 Å². The van der Waals surface area contributed by atoms with Crippen LogP contribution in [0.5, 0.6) is 0 Å². The number of piperidine rings is 3. The molecule has 1 atom stereocenters. The molecule has 2 bridgehead atoms. The molecule has 0 N–H and O–H groups in total. The van der Waals surface area contributed by atoms with E-state index in [-0.39, 0.29) is 35.5 Å². The standard InChI is InChI=1S/C27H33ClN4O3/c28-23-10-11-24(31-30-23)29-25(33)19-32-16-12-20(13-17-32)22(18-32)35-26(34)27(14-6-1-2-7-15-27)21-8-4-3-5-9-21/h3-5,8-11,20,22H,1-2,6-7,12-19H2/t20?,22-,32?/m0/s1. The number of benzene rings is 1. The van der Waals surface area contributed by atoms with Crippen LogP contribution in [0, 0.1) is 5.92 Å². The molecule has 35 heavy (non-hydrogen) atoms. The molecule has 6 rings (SSSR count). The van der Waals surface area contributed by atoms with Crippen LogP contribution in [-0.4, -0.2) is 58.8 Å². The smallest absolute Gasteiger partial charge is 0.317 e. The number of rotatable bonds is 6. The highest BCUT2D eigenvalue weighted by molar-refractivity contribution is 6.29.